The summed E-state index contributed by atoms with van der Waals surface area (Å²) < 4.78 is 9.42. The van der Waals surface area contributed by atoms with Crippen LogP contribution in [0.3, 0.4) is 0 Å². The van der Waals surface area contributed by atoms with Gasteiger partial charge in [-0.25, -0.2) is 0 Å². The lowest BCUT2D eigenvalue weighted by molar-refractivity contribution is 0.488. The zero-order valence-electron chi connectivity index (χ0n) is 39.8. The summed E-state index contributed by atoms with van der Waals surface area (Å²) in [6.45, 7) is 4.74. The zero-order chi connectivity index (χ0) is 47.7. The Hall–Kier alpha value is -8.76. The van der Waals surface area contributed by atoms with Crippen molar-refractivity contribution in [2.45, 2.75) is 19.3 Å². The summed E-state index contributed by atoms with van der Waals surface area (Å²) in [7, 11) is 0. The van der Waals surface area contributed by atoms with Crippen LogP contribution >= 0.6 is 11.3 Å². The van der Waals surface area contributed by atoms with Gasteiger partial charge >= 0.3 is 0 Å². The third kappa shape index (κ3) is 6.01. The van der Waals surface area contributed by atoms with E-state index in [1.165, 1.54) is 96.3 Å². The van der Waals surface area contributed by atoms with Gasteiger partial charge in [0.1, 0.15) is 11.5 Å². The molecule has 2 nitrogen and oxygen atoms in total. The molecule has 12 aromatic carbocycles. The first kappa shape index (κ1) is 41.1. The number of rotatable bonds is 3. The molecule has 338 valence electrons. The van der Waals surface area contributed by atoms with E-state index in [9.17, 15) is 0 Å². The number of para-hydroxylation sites is 1. The smallest absolute Gasteiger partial charge is 0.135 e. The van der Waals surface area contributed by atoms with Crippen LogP contribution in [-0.4, -0.2) is 0 Å². The molecule has 1 aliphatic carbocycles. The Morgan fingerprint density at radius 2 is 0.778 bits per heavy atom. The highest BCUT2D eigenvalue weighted by molar-refractivity contribution is 7.26. The maximum Gasteiger partial charge on any atom is 0.135 e. The number of hydrogen-bond acceptors (Lipinski definition) is 3. The van der Waals surface area contributed by atoms with E-state index in [0.717, 1.165) is 50.8 Å². The molecule has 1 aromatic heterocycles. The maximum atomic E-state index is 6.84. The fourth-order valence-corrected chi connectivity index (χ4v) is 13.5. The van der Waals surface area contributed by atoms with Crippen LogP contribution in [0.5, 0.6) is 11.5 Å². The van der Waals surface area contributed by atoms with Crippen molar-refractivity contribution in [1.29, 1.82) is 0 Å². The second-order valence-electron chi connectivity index (χ2n) is 19.9. The molecule has 72 heavy (non-hydrogen) atoms. The molecule has 1 aliphatic heterocycles. The van der Waals surface area contributed by atoms with E-state index in [2.05, 4.69) is 255 Å². The second-order valence-corrected chi connectivity index (χ2v) is 21.0. The Balaban J connectivity index is 1.08. The van der Waals surface area contributed by atoms with Crippen molar-refractivity contribution in [3.05, 3.63) is 248 Å². The molecule has 0 fully saturated rings. The molecule has 0 saturated heterocycles. The number of fused-ring (bicyclic) bond motifs is 22. The van der Waals surface area contributed by atoms with Gasteiger partial charge in [-0.1, -0.05) is 190 Å². The Morgan fingerprint density at radius 1 is 0.306 bits per heavy atom. The first-order valence-corrected chi connectivity index (χ1v) is 25.7. The summed E-state index contributed by atoms with van der Waals surface area (Å²) >= 11 is 1.88. The predicted octanol–water partition coefficient (Wildman–Crippen LogP) is 20.2. The molecule has 13 aromatic rings. The monoisotopic (exact) mass is 935 g/mol. The topological polar surface area (TPSA) is 12.5 Å². The average molecular weight is 936 g/mol. The summed E-state index contributed by atoms with van der Waals surface area (Å²) in [4.78, 5) is 2.47. The van der Waals surface area contributed by atoms with Crippen LogP contribution in [0, 0.1) is 0 Å². The van der Waals surface area contributed by atoms with Crippen LogP contribution in [-0.2, 0) is 5.41 Å². The lowest BCUT2D eigenvalue weighted by atomic mass is 9.82. The van der Waals surface area contributed by atoms with Gasteiger partial charge < -0.3 is 9.64 Å². The molecule has 0 radical (unpaired) electrons. The van der Waals surface area contributed by atoms with E-state index in [1.807, 2.05) is 11.3 Å². The molecule has 0 N–H and O–H groups in total. The number of ether oxygens (including phenoxy) is 1. The van der Waals surface area contributed by atoms with Gasteiger partial charge in [0.25, 0.3) is 0 Å². The molecule has 15 rings (SSSR count). The lowest BCUT2D eigenvalue weighted by Gasteiger charge is -2.29. The Labute approximate surface area is 421 Å². The van der Waals surface area contributed by atoms with E-state index in [0.29, 0.717) is 0 Å². The maximum absolute atomic E-state index is 6.84. The Kier molecular flexibility index (Phi) is 8.91. The summed E-state index contributed by atoms with van der Waals surface area (Å²) in [6, 6.07) is 87.9. The van der Waals surface area contributed by atoms with Crippen LogP contribution < -0.4 is 9.64 Å². The fourth-order valence-electron chi connectivity index (χ4n) is 12.4. The van der Waals surface area contributed by atoms with Crippen molar-refractivity contribution in [1.82, 2.24) is 0 Å². The molecular weight excluding hydrogens is 891 g/mol. The van der Waals surface area contributed by atoms with Crippen molar-refractivity contribution < 1.29 is 4.74 Å². The fraction of sp³-hybridized carbons (Fsp3) is 0.0435. The van der Waals surface area contributed by atoms with E-state index in [-0.39, 0.29) is 5.41 Å². The molecule has 3 heteroatoms. The first-order valence-electron chi connectivity index (χ1n) is 24.9. The molecule has 0 amide bonds. The van der Waals surface area contributed by atoms with Crippen molar-refractivity contribution >= 4 is 102 Å². The van der Waals surface area contributed by atoms with Gasteiger partial charge in [-0.2, -0.15) is 0 Å². The first-order chi connectivity index (χ1) is 35.5. The number of hydrogen-bond donors (Lipinski definition) is 0. The van der Waals surface area contributed by atoms with Gasteiger partial charge in [-0.05, 0) is 148 Å². The molecule has 0 unspecified atom stereocenters. The van der Waals surface area contributed by atoms with E-state index in [4.69, 9.17) is 4.74 Å². The molecule has 0 bridgehead atoms. The molecule has 0 atom stereocenters. The van der Waals surface area contributed by atoms with Gasteiger partial charge in [0, 0.05) is 53.8 Å². The number of anilines is 3. The third-order valence-corrected chi connectivity index (χ3v) is 16.8. The minimum atomic E-state index is -0.188. The molecule has 0 saturated carbocycles. The minimum absolute atomic E-state index is 0.188. The zero-order valence-corrected chi connectivity index (χ0v) is 40.6. The summed E-state index contributed by atoms with van der Waals surface area (Å²) in [5, 5.41) is 14.8. The number of benzene rings is 11. The second kappa shape index (κ2) is 15.6. The molecule has 2 aliphatic rings. The van der Waals surface area contributed by atoms with Crippen molar-refractivity contribution in [3.63, 3.8) is 0 Å². The van der Waals surface area contributed by atoms with Gasteiger partial charge in [0.2, 0.25) is 0 Å². The van der Waals surface area contributed by atoms with E-state index < -0.39 is 0 Å². The van der Waals surface area contributed by atoms with Crippen LogP contribution in [0.25, 0.3) is 107 Å². The van der Waals surface area contributed by atoms with Gasteiger partial charge in [0.15, 0.2) is 0 Å². The minimum Gasteiger partial charge on any atom is -0.456 e. The summed E-state index contributed by atoms with van der Waals surface area (Å²) in [5.41, 5.74) is 12.8. The highest BCUT2D eigenvalue weighted by atomic mass is 32.1. The number of nitrogens with zero attached hydrogens (tertiary/aromatic N) is 1. The van der Waals surface area contributed by atoms with Crippen LogP contribution in [0.4, 0.5) is 17.1 Å². The summed E-state index contributed by atoms with van der Waals surface area (Å²) in [5.74, 6) is 1.70. The van der Waals surface area contributed by atoms with Crippen LogP contribution in [0.15, 0.2) is 237 Å². The average Bonchev–Trinajstić information content (AvgIpc) is 3.87. The standard InChI is InChI=1S/C69H45NOS/c1-69(2)61-28-14-11-24-53(61)54-35-32-44(41-62(54)69)70(43-33-37-64-60(40-43)51-23-8-6-20-48(51)55-25-12-15-29-63(55)71-64)42-31-34-52-57-36-38-66-68(58-27-13-16-30-65(58)72-66)67(57)56-26-10-9-21-49(56)46-18-4-3-17-45(46)47-19-5-7-22-50(47)59(52)39-42/h3-41H,1-2H3. The predicted molar refractivity (Wildman–Crippen MR) is 308 cm³/mol. The largest absolute Gasteiger partial charge is 0.456 e. The highest BCUT2D eigenvalue weighted by Crippen LogP contribution is 2.53. The van der Waals surface area contributed by atoms with Gasteiger partial charge in [-0.3, -0.25) is 0 Å². The molecule has 0 spiro atoms. The van der Waals surface area contributed by atoms with Crippen LogP contribution in [0.2, 0.25) is 0 Å². The van der Waals surface area contributed by atoms with Crippen molar-refractivity contribution in [3.8, 4) is 44.9 Å². The lowest BCUT2D eigenvalue weighted by Crippen LogP contribution is -2.16. The molecular formula is C69H45NOS. The highest BCUT2D eigenvalue weighted by Gasteiger charge is 2.36. The van der Waals surface area contributed by atoms with E-state index in [1.54, 1.807) is 0 Å². The number of thiophene rings is 1. The SMILES string of the molecule is CC1(C)c2ccccc2-c2ccc(N(c3ccc4c(c3)-c3ccccc3-c3ccccc3O4)c3ccc4c(c3)c3ccccc3c3ccccc3c3ccccc3c3c4ccc4sc5ccccc5c43)cc21. The Morgan fingerprint density at radius 3 is 1.53 bits per heavy atom. The third-order valence-electron chi connectivity index (χ3n) is 15.7. The summed E-state index contributed by atoms with van der Waals surface area (Å²) in [6.07, 6.45) is 0. The van der Waals surface area contributed by atoms with E-state index >= 15 is 0 Å². The van der Waals surface area contributed by atoms with Crippen molar-refractivity contribution in [2.24, 2.45) is 0 Å². The van der Waals surface area contributed by atoms with Crippen molar-refractivity contribution in [2.75, 3.05) is 4.90 Å². The van der Waals surface area contributed by atoms with Crippen LogP contribution in [0.1, 0.15) is 25.0 Å². The normalized spacial score (nSPS) is 13.1. The quantitative estimate of drug-likeness (QED) is 0.175. The Bertz CT molecular complexity index is 4540. The van der Waals surface area contributed by atoms with Gasteiger partial charge in [-0.15, -0.1) is 11.3 Å². The molecule has 2 heterocycles. The van der Waals surface area contributed by atoms with Gasteiger partial charge in [0.05, 0.1) is 0 Å².